The first-order valence-corrected chi connectivity index (χ1v) is 14.2. The van der Waals surface area contributed by atoms with E-state index < -0.39 is 5.97 Å². The maximum Gasteiger partial charge on any atom is 0.337 e. The van der Waals surface area contributed by atoms with Crippen LogP contribution in [0.5, 0.6) is 17.4 Å². The first kappa shape index (κ1) is 25.4. The van der Waals surface area contributed by atoms with Gasteiger partial charge in [0.05, 0.1) is 34.0 Å². The number of rotatable bonds is 7. The molecule has 7 nitrogen and oxygen atoms in total. The third-order valence-electron chi connectivity index (χ3n) is 7.88. The Morgan fingerprint density at radius 1 is 1.02 bits per heavy atom. The molecule has 0 spiro atoms. The topological polar surface area (TPSA) is 83.7 Å². The standard InChI is InChI=1S/C31H26Cl2N2O5/c1-37-31(36)19-10-9-18-13-20(16-5-6-16)28-24(39-25(18)14-19)11-12-26(34-28)38-15-21-29(35-40-30(21)17-7-8-17)27-22(32)3-2-4-23(27)33/h2-4,9-12,14,16-17,20H,5-8,13,15H2,1H3. The molecular formula is C31H26Cl2N2O5. The van der Waals surface area contributed by atoms with Crippen molar-refractivity contribution in [2.45, 2.75) is 50.5 Å². The summed E-state index contributed by atoms with van der Waals surface area (Å²) in [6, 6.07) is 14.6. The molecule has 204 valence electrons. The van der Waals surface area contributed by atoms with Crippen LogP contribution in [0, 0.1) is 5.92 Å². The summed E-state index contributed by atoms with van der Waals surface area (Å²) >= 11 is 13.0. The maximum atomic E-state index is 12.1. The first-order chi connectivity index (χ1) is 19.5. The number of carbonyl (C=O) groups is 1. The third-order valence-corrected chi connectivity index (χ3v) is 8.51. The minimum absolute atomic E-state index is 0.193. The summed E-state index contributed by atoms with van der Waals surface area (Å²) in [7, 11) is 1.37. The van der Waals surface area contributed by atoms with Crippen molar-refractivity contribution < 1.29 is 23.5 Å². The van der Waals surface area contributed by atoms with Crippen LogP contribution in [0.3, 0.4) is 0 Å². The van der Waals surface area contributed by atoms with Crippen molar-refractivity contribution in [3.05, 3.63) is 86.7 Å². The van der Waals surface area contributed by atoms with Crippen LogP contribution in [0.2, 0.25) is 10.0 Å². The Kier molecular flexibility index (Phi) is 6.44. The van der Waals surface area contributed by atoms with Crippen molar-refractivity contribution in [1.82, 2.24) is 10.1 Å². The van der Waals surface area contributed by atoms with Crippen LogP contribution in [-0.4, -0.2) is 23.2 Å². The van der Waals surface area contributed by atoms with Gasteiger partial charge < -0.3 is 18.7 Å². The first-order valence-electron chi connectivity index (χ1n) is 13.5. The molecule has 1 unspecified atom stereocenters. The molecule has 0 amide bonds. The van der Waals surface area contributed by atoms with Gasteiger partial charge in [0.2, 0.25) is 5.88 Å². The molecule has 0 saturated heterocycles. The van der Waals surface area contributed by atoms with Crippen molar-refractivity contribution in [2.24, 2.45) is 5.92 Å². The van der Waals surface area contributed by atoms with E-state index in [9.17, 15) is 4.79 Å². The van der Waals surface area contributed by atoms with Gasteiger partial charge in [0.25, 0.3) is 0 Å². The average molecular weight is 577 g/mol. The van der Waals surface area contributed by atoms with Crippen LogP contribution in [0.1, 0.15) is 70.5 Å². The van der Waals surface area contributed by atoms with E-state index in [1.807, 2.05) is 18.2 Å². The van der Waals surface area contributed by atoms with E-state index in [-0.39, 0.29) is 12.5 Å². The highest BCUT2D eigenvalue weighted by Crippen LogP contribution is 2.50. The van der Waals surface area contributed by atoms with E-state index >= 15 is 0 Å². The number of benzene rings is 2. The number of hydrogen-bond donors (Lipinski definition) is 0. The normalized spacial score (nSPS) is 17.8. The summed E-state index contributed by atoms with van der Waals surface area (Å²) in [5, 5.41) is 5.37. The Balaban J connectivity index is 1.20. The molecule has 1 atom stereocenters. The number of fused-ring (bicyclic) bond motifs is 2. The molecule has 3 aliphatic rings. The van der Waals surface area contributed by atoms with Gasteiger partial charge in [-0.1, -0.05) is 40.5 Å². The van der Waals surface area contributed by atoms with Crippen LogP contribution < -0.4 is 9.47 Å². The number of esters is 1. The molecular weight excluding hydrogens is 551 g/mol. The zero-order valence-corrected chi connectivity index (χ0v) is 23.3. The highest BCUT2D eigenvalue weighted by molar-refractivity contribution is 6.39. The zero-order chi connectivity index (χ0) is 27.4. The molecule has 2 aliphatic carbocycles. The van der Waals surface area contributed by atoms with E-state index in [0.717, 1.165) is 54.7 Å². The van der Waals surface area contributed by atoms with E-state index in [0.29, 0.717) is 56.1 Å². The highest BCUT2D eigenvalue weighted by Gasteiger charge is 2.38. The van der Waals surface area contributed by atoms with Gasteiger partial charge in [0.1, 0.15) is 29.6 Å². The lowest BCUT2D eigenvalue weighted by Gasteiger charge is -2.16. The van der Waals surface area contributed by atoms with Crippen LogP contribution in [0.25, 0.3) is 11.3 Å². The van der Waals surface area contributed by atoms with Gasteiger partial charge in [-0.3, -0.25) is 0 Å². The Bertz CT molecular complexity index is 1610. The summed E-state index contributed by atoms with van der Waals surface area (Å²) in [5.41, 5.74) is 4.45. The van der Waals surface area contributed by atoms with Crippen LogP contribution >= 0.6 is 23.2 Å². The minimum Gasteiger partial charge on any atom is -0.473 e. The molecule has 0 N–H and O–H groups in total. The summed E-state index contributed by atoms with van der Waals surface area (Å²) < 4.78 is 23.3. The molecule has 0 bridgehead atoms. The van der Waals surface area contributed by atoms with Crippen LogP contribution in [0.4, 0.5) is 0 Å². The zero-order valence-electron chi connectivity index (χ0n) is 21.8. The fourth-order valence-corrected chi connectivity index (χ4v) is 6.05. The van der Waals surface area contributed by atoms with Gasteiger partial charge >= 0.3 is 5.97 Å². The van der Waals surface area contributed by atoms with Crippen molar-refractivity contribution >= 4 is 29.2 Å². The lowest BCUT2D eigenvalue weighted by molar-refractivity contribution is 0.0600. The number of carbonyl (C=O) groups excluding carboxylic acids is 1. The number of aromatic nitrogens is 2. The molecule has 3 heterocycles. The quantitative estimate of drug-likeness (QED) is 0.205. The summed E-state index contributed by atoms with van der Waals surface area (Å²) in [5.74, 6) is 3.30. The van der Waals surface area contributed by atoms with Crippen LogP contribution in [0.15, 0.2) is 53.1 Å². The Hall–Kier alpha value is -3.55. The fourth-order valence-electron chi connectivity index (χ4n) is 5.47. The monoisotopic (exact) mass is 576 g/mol. The summed E-state index contributed by atoms with van der Waals surface area (Å²) in [6.07, 6.45) is 5.18. The predicted molar refractivity (Wildman–Crippen MR) is 150 cm³/mol. The third kappa shape index (κ3) is 4.71. The summed E-state index contributed by atoms with van der Waals surface area (Å²) in [6.45, 7) is 0.218. The largest absolute Gasteiger partial charge is 0.473 e. The van der Waals surface area contributed by atoms with Crippen molar-refractivity contribution in [2.75, 3.05) is 7.11 Å². The molecule has 2 fully saturated rings. The SMILES string of the molecule is COC(=O)c1ccc2c(c1)Oc1ccc(OCc3c(-c4c(Cl)cccc4Cl)noc3C3CC3)nc1C(C1CC1)C2. The number of ether oxygens (including phenoxy) is 3. The second-order valence-corrected chi connectivity index (χ2v) is 11.4. The number of nitrogens with zero attached hydrogens (tertiary/aromatic N) is 2. The molecule has 2 aromatic heterocycles. The van der Waals surface area contributed by atoms with Gasteiger partial charge in [-0.2, -0.15) is 0 Å². The molecule has 9 heteroatoms. The van der Waals surface area contributed by atoms with E-state index in [4.69, 9.17) is 46.9 Å². The number of methoxy groups -OCH3 is 1. The van der Waals surface area contributed by atoms with Crippen molar-refractivity contribution in [1.29, 1.82) is 0 Å². The van der Waals surface area contributed by atoms with Gasteiger partial charge in [-0.25, -0.2) is 9.78 Å². The predicted octanol–water partition coefficient (Wildman–Crippen LogP) is 8.13. The number of hydrogen-bond acceptors (Lipinski definition) is 7. The Labute approximate surface area is 241 Å². The van der Waals surface area contributed by atoms with E-state index in [2.05, 4.69) is 5.16 Å². The molecule has 2 saturated carbocycles. The maximum absolute atomic E-state index is 12.1. The van der Waals surface area contributed by atoms with Crippen molar-refractivity contribution in [3.8, 4) is 28.6 Å². The van der Waals surface area contributed by atoms with Gasteiger partial charge in [0, 0.05) is 23.5 Å². The molecule has 0 radical (unpaired) electrons. The van der Waals surface area contributed by atoms with Gasteiger partial charge in [-0.05, 0) is 73.9 Å². The fraction of sp³-hybridized carbons (Fsp3) is 0.323. The highest BCUT2D eigenvalue weighted by atomic mass is 35.5. The van der Waals surface area contributed by atoms with E-state index in [1.54, 1.807) is 30.3 Å². The second kappa shape index (κ2) is 10.1. The molecule has 7 rings (SSSR count). The van der Waals surface area contributed by atoms with E-state index in [1.165, 1.54) is 7.11 Å². The van der Waals surface area contributed by atoms with Gasteiger partial charge in [-0.15, -0.1) is 0 Å². The number of halogens is 2. The molecule has 1 aliphatic heterocycles. The Morgan fingerprint density at radius 3 is 2.55 bits per heavy atom. The minimum atomic E-state index is -0.395. The number of pyridine rings is 1. The average Bonchev–Trinajstić information content (AvgIpc) is 3.89. The van der Waals surface area contributed by atoms with Gasteiger partial charge in [0.15, 0.2) is 0 Å². The second-order valence-electron chi connectivity index (χ2n) is 10.6. The molecule has 4 aromatic rings. The lowest BCUT2D eigenvalue weighted by atomic mass is 9.91. The van der Waals surface area contributed by atoms with Crippen molar-refractivity contribution in [3.63, 3.8) is 0 Å². The molecule has 2 aromatic carbocycles. The van der Waals surface area contributed by atoms with Crippen LogP contribution in [-0.2, 0) is 17.8 Å². The smallest absolute Gasteiger partial charge is 0.337 e. The Morgan fingerprint density at radius 2 is 1.82 bits per heavy atom. The summed E-state index contributed by atoms with van der Waals surface area (Å²) in [4.78, 5) is 17.1. The molecule has 40 heavy (non-hydrogen) atoms. The lowest BCUT2D eigenvalue weighted by Crippen LogP contribution is -2.08.